The Morgan fingerprint density at radius 3 is 2.95 bits per heavy atom. The molecule has 0 fully saturated rings. The van der Waals surface area contributed by atoms with Gasteiger partial charge >= 0.3 is 0 Å². The van der Waals surface area contributed by atoms with Crippen molar-refractivity contribution in [2.45, 2.75) is 6.92 Å². The van der Waals surface area contributed by atoms with Crippen molar-refractivity contribution in [3.8, 4) is 11.3 Å². The summed E-state index contributed by atoms with van der Waals surface area (Å²) in [6.07, 6.45) is 5.66. The SMILES string of the molecule is Cc1cnc2cc(-c3nc4cccnn4c3I)ccn12. The minimum Gasteiger partial charge on any atom is -0.304 e. The molecule has 0 spiro atoms. The Kier molecular flexibility index (Phi) is 2.53. The van der Waals surface area contributed by atoms with Crippen molar-refractivity contribution in [2.24, 2.45) is 0 Å². The lowest BCUT2D eigenvalue weighted by Gasteiger charge is -2.00. The van der Waals surface area contributed by atoms with E-state index < -0.39 is 0 Å². The zero-order valence-electron chi connectivity index (χ0n) is 10.7. The molecule has 4 aromatic heterocycles. The zero-order chi connectivity index (χ0) is 13.7. The van der Waals surface area contributed by atoms with E-state index in [4.69, 9.17) is 0 Å². The summed E-state index contributed by atoms with van der Waals surface area (Å²) in [6, 6.07) is 7.96. The van der Waals surface area contributed by atoms with Gasteiger partial charge in [-0.15, -0.1) is 0 Å². The summed E-state index contributed by atoms with van der Waals surface area (Å²) < 4.78 is 4.91. The van der Waals surface area contributed by atoms with Crippen LogP contribution in [0.1, 0.15) is 5.69 Å². The van der Waals surface area contributed by atoms with E-state index >= 15 is 0 Å². The molecule has 0 unspecified atom stereocenters. The number of imidazole rings is 2. The Morgan fingerprint density at radius 1 is 1.20 bits per heavy atom. The molecule has 0 aliphatic heterocycles. The Hall–Kier alpha value is -1.96. The van der Waals surface area contributed by atoms with E-state index in [0.29, 0.717) is 0 Å². The van der Waals surface area contributed by atoms with Crippen LogP contribution < -0.4 is 0 Å². The first-order valence-corrected chi connectivity index (χ1v) is 7.25. The monoisotopic (exact) mass is 375 g/mol. The zero-order valence-corrected chi connectivity index (χ0v) is 12.8. The van der Waals surface area contributed by atoms with Gasteiger partial charge in [-0.2, -0.15) is 5.10 Å². The van der Waals surface area contributed by atoms with Crippen LogP contribution in [-0.4, -0.2) is 24.0 Å². The number of aromatic nitrogens is 5. The highest BCUT2D eigenvalue weighted by Gasteiger charge is 2.13. The summed E-state index contributed by atoms with van der Waals surface area (Å²) in [4.78, 5) is 9.05. The van der Waals surface area contributed by atoms with Crippen LogP contribution in [0.2, 0.25) is 0 Å². The fourth-order valence-electron chi connectivity index (χ4n) is 2.30. The second-order valence-electron chi connectivity index (χ2n) is 4.59. The minimum atomic E-state index is 0.853. The highest BCUT2D eigenvalue weighted by atomic mass is 127. The molecule has 0 atom stereocenters. The summed E-state index contributed by atoms with van der Waals surface area (Å²) in [7, 11) is 0. The van der Waals surface area contributed by atoms with Crippen molar-refractivity contribution in [1.29, 1.82) is 0 Å². The predicted molar refractivity (Wildman–Crippen MR) is 84.6 cm³/mol. The number of nitrogens with zero attached hydrogens (tertiary/aromatic N) is 5. The molecule has 0 bridgehead atoms. The van der Waals surface area contributed by atoms with Crippen LogP contribution in [0.25, 0.3) is 22.6 Å². The van der Waals surface area contributed by atoms with E-state index in [-0.39, 0.29) is 0 Å². The number of rotatable bonds is 1. The van der Waals surface area contributed by atoms with Crippen molar-refractivity contribution in [2.75, 3.05) is 0 Å². The standard InChI is InChI=1S/C14H10IN5/c1-9-8-16-12-7-10(4-6-19(9)12)13-14(15)20-11(18-13)3-2-5-17-20/h2-8H,1H3. The van der Waals surface area contributed by atoms with E-state index in [1.54, 1.807) is 6.20 Å². The van der Waals surface area contributed by atoms with Crippen LogP contribution in [0.3, 0.4) is 0 Å². The molecule has 0 aliphatic carbocycles. The molecule has 0 amide bonds. The highest BCUT2D eigenvalue weighted by molar-refractivity contribution is 14.1. The van der Waals surface area contributed by atoms with Gasteiger partial charge in [0.1, 0.15) is 15.0 Å². The van der Waals surface area contributed by atoms with Crippen molar-refractivity contribution in [1.82, 2.24) is 24.0 Å². The van der Waals surface area contributed by atoms with Crippen LogP contribution in [-0.2, 0) is 0 Å². The molecule has 98 valence electrons. The number of halogens is 1. The summed E-state index contributed by atoms with van der Waals surface area (Å²) in [5.74, 6) is 0. The third-order valence-corrected chi connectivity index (χ3v) is 4.28. The maximum Gasteiger partial charge on any atom is 0.155 e. The summed E-state index contributed by atoms with van der Waals surface area (Å²) in [5, 5.41) is 4.32. The van der Waals surface area contributed by atoms with Gasteiger partial charge in [0.25, 0.3) is 0 Å². The van der Waals surface area contributed by atoms with E-state index in [0.717, 1.165) is 31.9 Å². The third kappa shape index (κ3) is 1.64. The van der Waals surface area contributed by atoms with Gasteiger partial charge in [0, 0.05) is 29.8 Å². The number of hydrogen-bond donors (Lipinski definition) is 0. The molecule has 5 nitrogen and oxygen atoms in total. The number of aryl methyl sites for hydroxylation is 1. The quantitative estimate of drug-likeness (QED) is 0.481. The first-order chi connectivity index (χ1) is 9.74. The molecule has 0 saturated heterocycles. The summed E-state index contributed by atoms with van der Waals surface area (Å²) >= 11 is 2.28. The summed E-state index contributed by atoms with van der Waals surface area (Å²) in [6.45, 7) is 2.04. The van der Waals surface area contributed by atoms with Crippen molar-refractivity contribution >= 4 is 33.9 Å². The maximum atomic E-state index is 4.65. The molecule has 4 heterocycles. The van der Waals surface area contributed by atoms with Gasteiger partial charge in [0.05, 0.1) is 0 Å². The molecule has 0 radical (unpaired) electrons. The Bertz CT molecular complexity index is 937. The number of hydrogen-bond acceptors (Lipinski definition) is 3. The second kappa shape index (κ2) is 4.27. The van der Waals surface area contributed by atoms with Gasteiger partial charge in [-0.3, -0.25) is 0 Å². The average molecular weight is 375 g/mol. The minimum absolute atomic E-state index is 0.853. The molecule has 0 N–H and O–H groups in total. The Morgan fingerprint density at radius 2 is 2.10 bits per heavy atom. The topological polar surface area (TPSA) is 47.5 Å². The average Bonchev–Trinajstić information content (AvgIpc) is 3.01. The Labute approximate surface area is 128 Å². The fraction of sp³-hybridized carbons (Fsp3) is 0.0714. The molecule has 6 heteroatoms. The maximum absolute atomic E-state index is 4.65. The van der Waals surface area contributed by atoms with Gasteiger partial charge < -0.3 is 4.40 Å². The van der Waals surface area contributed by atoms with Gasteiger partial charge in [0.15, 0.2) is 5.65 Å². The lowest BCUT2D eigenvalue weighted by atomic mass is 10.2. The predicted octanol–water partition coefficient (Wildman–Crippen LogP) is 2.96. The smallest absolute Gasteiger partial charge is 0.155 e. The molecule has 0 aromatic carbocycles. The van der Waals surface area contributed by atoms with Crippen molar-refractivity contribution in [3.63, 3.8) is 0 Å². The first-order valence-electron chi connectivity index (χ1n) is 6.17. The second-order valence-corrected chi connectivity index (χ2v) is 5.61. The molecule has 20 heavy (non-hydrogen) atoms. The Balaban J connectivity index is 1.98. The van der Waals surface area contributed by atoms with Gasteiger partial charge in [-0.1, -0.05) is 0 Å². The lowest BCUT2D eigenvalue weighted by Crippen LogP contribution is -1.92. The molecule has 0 saturated carbocycles. The molecule has 4 rings (SSSR count). The lowest BCUT2D eigenvalue weighted by molar-refractivity contribution is 0.914. The fourth-order valence-corrected chi connectivity index (χ4v) is 3.10. The highest BCUT2D eigenvalue weighted by Crippen LogP contribution is 2.26. The van der Waals surface area contributed by atoms with E-state index in [1.165, 1.54) is 0 Å². The molecular formula is C14H10IN5. The molecule has 0 aliphatic rings. The molecule has 4 aromatic rings. The van der Waals surface area contributed by atoms with E-state index in [9.17, 15) is 0 Å². The van der Waals surface area contributed by atoms with Crippen LogP contribution in [0.4, 0.5) is 0 Å². The van der Waals surface area contributed by atoms with Gasteiger partial charge in [-0.25, -0.2) is 14.5 Å². The van der Waals surface area contributed by atoms with E-state index in [2.05, 4.69) is 54.2 Å². The van der Waals surface area contributed by atoms with Crippen LogP contribution in [0.15, 0.2) is 42.9 Å². The van der Waals surface area contributed by atoms with Gasteiger partial charge in [0.2, 0.25) is 0 Å². The first kappa shape index (κ1) is 11.8. The number of pyridine rings is 1. The third-order valence-electron chi connectivity index (χ3n) is 3.31. The van der Waals surface area contributed by atoms with Crippen molar-refractivity contribution < 1.29 is 0 Å². The van der Waals surface area contributed by atoms with Crippen molar-refractivity contribution in [3.05, 3.63) is 52.3 Å². The largest absolute Gasteiger partial charge is 0.304 e. The summed E-state index contributed by atoms with van der Waals surface area (Å²) in [5.41, 5.74) is 4.90. The normalized spacial score (nSPS) is 11.5. The molecular weight excluding hydrogens is 365 g/mol. The van der Waals surface area contributed by atoms with Crippen LogP contribution >= 0.6 is 22.6 Å². The van der Waals surface area contributed by atoms with Crippen LogP contribution in [0, 0.1) is 10.6 Å². The van der Waals surface area contributed by atoms with E-state index in [1.807, 2.05) is 36.0 Å². The van der Waals surface area contributed by atoms with Gasteiger partial charge in [-0.05, 0) is 53.8 Å². The number of fused-ring (bicyclic) bond motifs is 2. The van der Waals surface area contributed by atoms with Crippen LogP contribution in [0.5, 0.6) is 0 Å².